The minimum atomic E-state index is -4.33. The molecular formula is C13H18F3NO. The van der Waals surface area contributed by atoms with Crippen molar-refractivity contribution in [3.05, 3.63) is 35.4 Å². The fraction of sp³-hybridized carbons (Fsp3) is 0.538. The molecule has 0 bridgehead atoms. The summed E-state index contributed by atoms with van der Waals surface area (Å²) in [5.74, 6) is 0. The van der Waals surface area contributed by atoms with Crippen molar-refractivity contribution < 1.29 is 18.3 Å². The third-order valence-electron chi connectivity index (χ3n) is 2.93. The average Bonchev–Trinajstić information content (AvgIpc) is 2.35. The van der Waals surface area contributed by atoms with Crippen molar-refractivity contribution >= 4 is 0 Å². The van der Waals surface area contributed by atoms with Gasteiger partial charge < -0.3 is 10.4 Å². The van der Waals surface area contributed by atoms with Crippen LogP contribution in [0.2, 0.25) is 0 Å². The van der Waals surface area contributed by atoms with E-state index in [1.807, 2.05) is 6.92 Å². The molecule has 0 aliphatic carbocycles. The maximum absolute atomic E-state index is 12.4. The summed E-state index contributed by atoms with van der Waals surface area (Å²) in [7, 11) is 0. The van der Waals surface area contributed by atoms with Gasteiger partial charge >= 0.3 is 6.18 Å². The van der Waals surface area contributed by atoms with E-state index in [9.17, 15) is 18.3 Å². The maximum Gasteiger partial charge on any atom is 0.416 e. The van der Waals surface area contributed by atoms with Crippen molar-refractivity contribution in [3.8, 4) is 0 Å². The van der Waals surface area contributed by atoms with Crippen LogP contribution in [0.4, 0.5) is 13.2 Å². The smallest absolute Gasteiger partial charge is 0.394 e. The van der Waals surface area contributed by atoms with Crippen LogP contribution in [-0.4, -0.2) is 18.3 Å². The van der Waals surface area contributed by atoms with E-state index >= 15 is 0 Å². The summed E-state index contributed by atoms with van der Waals surface area (Å²) in [5, 5.41) is 12.5. The zero-order chi connectivity index (χ0) is 13.8. The Morgan fingerprint density at radius 3 is 2.00 bits per heavy atom. The molecule has 1 unspecified atom stereocenters. The van der Waals surface area contributed by atoms with Crippen LogP contribution in [0.1, 0.15) is 31.4 Å². The van der Waals surface area contributed by atoms with Gasteiger partial charge in [-0.25, -0.2) is 0 Å². The highest BCUT2D eigenvalue weighted by Gasteiger charge is 2.31. The average molecular weight is 261 g/mol. The number of halogens is 3. The predicted octanol–water partition coefficient (Wildman–Crippen LogP) is 2.91. The Bertz CT molecular complexity index is 375. The summed E-state index contributed by atoms with van der Waals surface area (Å²) >= 11 is 0. The van der Waals surface area contributed by atoms with E-state index in [2.05, 4.69) is 5.32 Å². The standard InChI is InChI=1S/C13H18F3NO/c1-3-8-17-12(2,9-18)10-4-6-11(7-5-10)13(14,15)16/h4-7,17-18H,3,8-9H2,1-2H3. The van der Waals surface area contributed by atoms with Crippen molar-refractivity contribution in [2.75, 3.05) is 13.2 Å². The number of alkyl halides is 3. The third-order valence-corrected chi connectivity index (χ3v) is 2.93. The van der Waals surface area contributed by atoms with Crippen LogP contribution in [0.3, 0.4) is 0 Å². The summed E-state index contributed by atoms with van der Waals surface area (Å²) in [6.45, 7) is 4.28. The van der Waals surface area contributed by atoms with Crippen molar-refractivity contribution in [1.82, 2.24) is 5.32 Å². The van der Waals surface area contributed by atoms with Crippen molar-refractivity contribution in [2.45, 2.75) is 32.0 Å². The Labute approximate surface area is 105 Å². The number of rotatable bonds is 5. The molecule has 1 aromatic rings. The first-order valence-corrected chi connectivity index (χ1v) is 5.87. The van der Waals surface area contributed by atoms with E-state index in [-0.39, 0.29) is 6.61 Å². The fourth-order valence-corrected chi connectivity index (χ4v) is 1.68. The topological polar surface area (TPSA) is 32.3 Å². The van der Waals surface area contributed by atoms with E-state index in [4.69, 9.17) is 0 Å². The van der Waals surface area contributed by atoms with Crippen LogP contribution < -0.4 is 5.32 Å². The Morgan fingerprint density at radius 1 is 1.11 bits per heavy atom. The molecule has 0 amide bonds. The minimum absolute atomic E-state index is 0.168. The number of hydrogen-bond donors (Lipinski definition) is 2. The van der Waals surface area contributed by atoms with Crippen LogP contribution >= 0.6 is 0 Å². The van der Waals surface area contributed by atoms with E-state index < -0.39 is 17.3 Å². The SMILES string of the molecule is CCCNC(C)(CO)c1ccc(C(F)(F)F)cc1. The second kappa shape index (κ2) is 5.71. The van der Waals surface area contributed by atoms with E-state index in [1.165, 1.54) is 12.1 Å². The largest absolute Gasteiger partial charge is 0.416 e. The van der Waals surface area contributed by atoms with Crippen LogP contribution in [0.25, 0.3) is 0 Å². The Balaban J connectivity index is 2.95. The molecule has 1 aromatic carbocycles. The van der Waals surface area contributed by atoms with Gasteiger partial charge in [-0.2, -0.15) is 13.2 Å². The molecule has 0 radical (unpaired) electrons. The second-order valence-electron chi connectivity index (χ2n) is 4.49. The lowest BCUT2D eigenvalue weighted by Gasteiger charge is -2.29. The van der Waals surface area contributed by atoms with Gasteiger partial charge in [0.25, 0.3) is 0 Å². The summed E-state index contributed by atoms with van der Waals surface area (Å²) in [6, 6.07) is 4.89. The molecule has 102 valence electrons. The molecular weight excluding hydrogens is 243 g/mol. The van der Waals surface area contributed by atoms with Crippen molar-refractivity contribution in [3.63, 3.8) is 0 Å². The Hall–Kier alpha value is -1.07. The molecule has 1 atom stereocenters. The molecule has 0 fully saturated rings. The normalized spacial score (nSPS) is 15.4. The van der Waals surface area contributed by atoms with Crippen molar-refractivity contribution in [2.24, 2.45) is 0 Å². The summed E-state index contributed by atoms with van der Waals surface area (Å²) in [5.41, 5.74) is -0.742. The molecule has 0 aromatic heterocycles. The van der Waals surface area contributed by atoms with Crippen LogP contribution in [0, 0.1) is 0 Å². The number of aliphatic hydroxyl groups is 1. The molecule has 2 nitrogen and oxygen atoms in total. The summed E-state index contributed by atoms with van der Waals surface area (Å²) < 4.78 is 37.3. The first kappa shape index (κ1) is 15.0. The second-order valence-corrected chi connectivity index (χ2v) is 4.49. The van der Waals surface area contributed by atoms with Gasteiger partial charge in [0.05, 0.1) is 17.7 Å². The molecule has 5 heteroatoms. The Kier molecular flexibility index (Phi) is 4.76. The molecule has 0 aliphatic rings. The predicted molar refractivity (Wildman–Crippen MR) is 64.2 cm³/mol. The van der Waals surface area contributed by atoms with Gasteiger partial charge in [0, 0.05) is 0 Å². The quantitative estimate of drug-likeness (QED) is 0.854. The molecule has 0 spiro atoms. The zero-order valence-electron chi connectivity index (χ0n) is 10.5. The highest BCUT2D eigenvalue weighted by Crippen LogP contribution is 2.30. The van der Waals surface area contributed by atoms with E-state index in [0.29, 0.717) is 12.1 Å². The van der Waals surface area contributed by atoms with E-state index in [1.54, 1.807) is 6.92 Å². The van der Waals surface area contributed by atoms with Crippen LogP contribution in [-0.2, 0) is 11.7 Å². The van der Waals surface area contributed by atoms with Gasteiger partial charge in [-0.05, 0) is 37.6 Å². The third kappa shape index (κ3) is 3.46. The highest BCUT2D eigenvalue weighted by atomic mass is 19.4. The highest BCUT2D eigenvalue weighted by molar-refractivity contribution is 5.29. The minimum Gasteiger partial charge on any atom is -0.394 e. The van der Waals surface area contributed by atoms with Gasteiger partial charge in [0.2, 0.25) is 0 Å². The first-order valence-electron chi connectivity index (χ1n) is 5.87. The first-order chi connectivity index (χ1) is 8.33. The number of hydrogen-bond acceptors (Lipinski definition) is 2. The molecule has 2 N–H and O–H groups in total. The molecule has 0 aliphatic heterocycles. The van der Waals surface area contributed by atoms with Gasteiger partial charge in [-0.15, -0.1) is 0 Å². The molecule has 0 saturated heterocycles. The maximum atomic E-state index is 12.4. The number of nitrogens with one attached hydrogen (secondary N) is 1. The van der Waals surface area contributed by atoms with Gasteiger partial charge in [0.15, 0.2) is 0 Å². The monoisotopic (exact) mass is 261 g/mol. The Morgan fingerprint density at radius 2 is 1.61 bits per heavy atom. The summed E-state index contributed by atoms with van der Waals surface area (Å²) in [4.78, 5) is 0. The van der Waals surface area contributed by atoms with Gasteiger partial charge in [-0.3, -0.25) is 0 Å². The lowest BCUT2D eigenvalue weighted by atomic mass is 9.92. The number of benzene rings is 1. The lowest BCUT2D eigenvalue weighted by Crippen LogP contribution is -2.43. The number of aliphatic hydroxyl groups excluding tert-OH is 1. The van der Waals surface area contributed by atoms with Gasteiger partial charge in [0.1, 0.15) is 0 Å². The fourth-order valence-electron chi connectivity index (χ4n) is 1.68. The lowest BCUT2D eigenvalue weighted by molar-refractivity contribution is -0.137. The van der Waals surface area contributed by atoms with Crippen LogP contribution in [0.15, 0.2) is 24.3 Å². The summed E-state index contributed by atoms with van der Waals surface area (Å²) in [6.07, 6.45) is -3.44. The molecule has 0 heterocycles. The van der Waals surface area contributed by atoms with Gasteiger partial charge in [-0.1, -0.05) is 19.1 Å². The van der Waals surface area contributed by atoms with Crippen molar-refractivity contribution in [1.29, 1.82) is 0 Å². The van der Waals surface area contributed by atoms with Crippen LogP contribution in [0.5, 0.6) is 0 Å². The molecule has 18 heavy (non-hydrogen) atoms. The molecule has 0 saturated carbocycles. The zero-order valence-corrected chi connectivity index (χ0v) is 10.5. The van der Waals surface area contributed by atoms with E-state index in [0.717, 1.165) is 18.6 Å². The molecule has 1 rings (SSSR count).